The van der Waals surface area contributed by atoms with Crippen molar-refractivity contribution in [3.05, 3.63) is 59.9 Å². The molecule has 1 amide bonds. The zero-order valence-corrected chi connectivity index (χ0v) is 17.4. The number of hydrogen-bond acceptors (Lipinski definition) is 4. The lowest BCUT2D eigenvalue weighted by Crippen LogP contribution is -2.45. The fourth-order valence-corrected chi connectivity index (χ4v) is 5.30. The number of sulfonamides is 1. The van der Waals surface area contributed by atoms with Gasteiger partial charge in [0, 0.05) is 11.7 Å². The standard InChI is InChI=1S/C22H24FN3O3S/c23-18-8-12-21(13-9-18)30(28,29)26(20-4-2-1-3-5-20)16-22(27)25-19-10-6-17(7-11-19)14-15-24/h6-13,20H,1-5,14,16H2,(H,25,27). The zero-order chi connectivity index (χ0) is 21.6. The molecular weight excluding hydrogens is 405 g/mol. The summed E-state index contributed by atoms with van der Waals surface area (Å²) in [7, 11) is -3.95. The smallest absolute Gasteiger partial charge is 0.243 e. The topological polar surface area (TPSA) is 90.3 Å². The van der Waals surface area contributed by atoms with Gasteiger partial charge in [-0.25, -0.2) is 12.8 Å². The van der Waals surface area contributed by atoms with E-state index in [1.165, 1.54) is 16.4 Å². The number of nitriles is 1. The van der Waals surface area contributed by atoms with Gasteiger partial charge < -0.3 is 5.32 Å². The minimum absolute atomic E-state index is 0.0249. The Morgan fingerprint density at radius 2 is 1.70 bits per heavy atom. The van der Waals surface area contributed by atoms with Gasteiger partial charge in [0.25, 0.3) is 0 Å². The van der Waals surface area contributed by atoms with Crippen LogP contribution in [0.15, 0.2) is 53.4 Å². The highest BCUT2D eigenvalue weighted by Gasteiger charge is 2.34. The molecule has 1 N–H and O–H groups in total. The summed E-state index contributed by atoms with van der Waals surface area (Å²) in [4.78, 5) is 12.7. The largest absolute Gasteiger partial charge is 0.325 e. The van der Waals surface area contributed by atoms with Gasteiger partial charge in [-0.05, 0) is 54.8 Å². The number of halogens is 1. The van der Waals surface area contributed by atoms with Gasteiger partial charge in [0.15, 0.2) is 0 Å². The number of carbonyl (C=O) groups is 1. The van der Waals surface area contributed by atoms with Crippen LogP contribution in [0.3, 0.4) is 0 Å². The molecule has 1 aliphatic rings. The van der Waals surface area contributed by atoms with E-state index in [9.17, 15) is 17.6 Å². The quantitative estimate of drug-likeness (QED) is 0.724. The average Bonchev–Trinajstić information content (AvgIpc) is 2.74. The van der Waals surface area contributed by atoms with Crippen molar-refractivity contribution in [2.75, 3.05) is 11.9 Å². The van der Waals surface area contributed by atoms with Crippen LogP contribution >= 0.6 is 0 Å². The Morgan fingerprint density at radius 1 is 1.07 bits per heavy atom. The van der Waals surface area contributed by atoms with Crippen molar-refractivity contribution in [2.24, 2.45) is 0 Å². The molecule has 8 heteroatoms. The maximum atomic E-state index is 13.3. The lowest BCUT2D eigenvalue weighted by atomic mass is 9.95. The summed E-state index contributed by atoms with van der Waals surface area (Å²) in [5.74, 6) is -0.963. The number of rotatable bonds is 7. The average molecular weight is 430 g/mol. The Hall–Kier alpha value is -2.76. The first-order chi connectivity index (χ1) is 14.4. The Morgan fingerprint density at radius 3 is 2.30 bits per heavy atom. The van der Waals surface area contributed by atoms with Crippen LogP contribution in [0.25, 0.3) is 0 Å². The highest BCUT2D eigenvalue weighted by Crippen LogP contribution is 2.28. The third kappa shape index (κ3) is 5.43. The Kier molecular flexibility index (Phi) is 7.19. The number of carbonyl (C=O) groups excluding carboxylic acids is 1. The van der Waals surface area contributed by atoms with E-state index in [0.717, 1.165) is 37.0 Å². The predicted octanol–water partition coefficient (Wildman–Crippen LogP) is 3.85. The molecule has 0 radical (unpaired) electrons. The second kappa shape index (κ2) is 9.83. The normalized spacial score (nSPS) is 15.0. The molecule has 30 heavy (non-hydrogen) atoms. The summed E-state index contributed by atoms with van der Waals surface area (Å²) in [6, 6.07) is 13.3. The molecule has 2 aromatic carbocycles. The number of anilines is 1. The van der Waals surface area contributed by atoms with Gasteiger partial charge in [0.1, 0.15) is 5.82 Å². The first kappa shape index (κ1) is 21.9. The summed E-state index contributed by atoms with van der Waals surface area (Å²) in [5, 5.41) is 11.5. The molecule has 3 rings (SSSR count). The van der Waals surface area contributed by atoms with E-state index >= 15 is 0 Å². The van der Waals surface area contributed by atoms with E-state index < -0.39 is 21.7 Å². The summed E-state index contributed by atoms with van der Waals surface area (Å²) < 4.78 is 41.0. The number of hydrogen-bond donors (Lipinski definition) is 1. The summed E-state index contributed by atoms with van der Waals surface area (Å²) in [6.07, 6.45) is 4.51. The Bertz CT molecular complexity index is 1010. The van der Waals surface area contributed by atoms with Gasteiger partial charge in [0.05, 0.1) is 23.9 Å². The minimum atomic E-state index is -3.95. The second-order valence-electron chi connectivity index (χ2n) is 7.38. The van der Waals surface area contributed by atoms with Gasteiger partial charge in [-0.15, -0.1) is 0 Å². The van der Waals surface area contributed by atoms with Crippen LogP contribution in [0.4, 0.5) is 10.1 Å². The van der Waals surface area contributed by atoms with E-state index in [1.54, 1.807) is 24.3 Å². The van der Waals surface area contributed by atoms with Crippen LogP contribution in [-0.4, -0.2) is 31.2 Å². The molecule has 1 aliphatic carbocycles. The summed E-state index contributed by atoms with van der Waals surface area (Å²) in [6.45, 7) is -0.315. The third-order valence-corrected chi connectivity index (χ3v) is 7.14. The number of benzene rings is 2. The SMILES string of the molecule is N#CCc1ccc(NC(=O)CN(C2CCCCC2)S(=O)(=O)c2ccc(F)cc2)cc1. The van der Waals surface area contributed by atoms with Gasteiger partial charge in [-0.3, -0.25) is 4.79 Å². The van der Waals surface area contributed by atoms with Crippen LogP contribution < -0.4 is 5.32 Å². The van der Waals surface area contributed by atoms with Crippen molar-refractivity contribution in [3.8, 4) is 6.07 Å². The van der Waals surface area contributed by atoms with Crippen LogP contribution in [0.1, 0.15) is 37.7 Å². The highest BCUT2D eigenvalue weighted by atomic mass is 32.2. The van der Waals surface area contributed by atoms with Crippen molar-refractivity contribution in [2.45, 2.75) is 49.5 Å². The van der Waals surface area contributed by atoms with E-state index in [-0.39, 0.29) is 23.9 Å². The molecule has 1 saturated carbocycles. The molecule has 0 unspecified atom stereocenters. The maximum absolute atomic E-state index is 13.3. The Labute approximate surface area is 176 Å². The second-order valence-corrected chi connectivity index (χ2v) is 9.27. The third-order valence-electron chi connectivity index (χ3n) is 5.22. The van der Waals surface area contributed by atoms with Gasteiger partial charge in [-0.1, -0.05) is 31.4 Å². The Balaban J connectivity index is 1.79. The van der Waals surface area contributed by atoms with E-state index in [4.69, 9.17) is 5.26 Å². The molecule has 0 aromatic heterocycles. The van der Waals surface area contributed by atoms with Crippen LogP contribution in [0.5, 0.6) is 0 Å². The monoisotopic (exact) mass is 429 g/mol. The summed E-state index contributed by atoms with van der Waals surface area (Å²) in [5.41, 5.74) is 1.36. The first-order valence-electron chi connectivity index (χ1n) is 9.93. The molecule has 1 fully saturated rings. The zero-order valence-electron chi connectivity index (χ0n) is 16.6. The van der Waals surface area contributed by atoms with Gasteiger partial charge in [0.2, 0.25) is 15.9 Å². The predicted molar refractivity (Wildman–Crippen MR) is 112 cm³/mol. The van der Waals surface area contributed by atoms with E-state index in [0.29, 0.717) is 18.5 Å². The van der Waals surface area contributed by atoms with E-state index in [2.05, 4.69) is 11.4 Å². The molecule has 2 aromatic rings. The molecule has 0 heterocycles. The number of nitrogens with zero attached hydrogens (tertiary/aromatic N) is 2. The maximum Gasteiger partial charge on any atom is 0.243 e. The highest BCUT2D eigenvalue weighted by molar-refractivity contribution is 7.89. The van der Waals surface area contributed by atoms with Crippen LogP contribution in [-0.2, 0) is 21.2 Å². The first-order valence-corrected chi connectivity index (χ1v) is 11.4. The van der Waals surface area contributed by atoms with Crippen molar-refractivity contribution in [1.82, 2.24) is 4.31 Å². The van der Waals surface area contributed by atoms with Crippen molar-refractivity contribution >= 4 is 21.6 Å². The molecule has 0 saturated heterocycles. The molecular formula is C22H24FN3O3S. The van der Waals surface area contributed by atoms with Gasteiger partial charge in [-0.2, -0.15) is 9.57 Å². The van der Waals surface area contributed by atoms with Crippen LogP contribution in [0, 0.1) is 17.1 Å². The summed E-state index contributed by atoms with van der Waals surface area (Å²) >= 11 is 0. The van der Waals surface area contributed by atoms with Gasteiger partial charge >= 0.3 is 0 Å². The van der Waals surface area contributed by atoms with Crippen molar-refractivity contribution in [3.63, 3.8) is 0 Å². The van der Waals surface area contributed by atoms with Crippen molar-refractivity contribution < 1.29 is 17.6 Å². The lowest BCUT2D eigenvalue weighted by Gasteiger charge is -2.33. The lowest BCUT2D eigenvalue weighted by molar-refractivity contribution is -0.116. The van der Waals surface area contributed by atoms with E-state index in [1.807, 2.05) is 0 Å². The van der Waals surface area contributed by atoms with Crippen LogP contribution in [0.2, 0.25) is 0 Å². The fraction of sp³-hybridized carbons (Fsp3) is 0.364. The molecule has 0 bridgehead atoms. The molecule has 6 nitrogen and oxygen atoms in total. The number of amides is 1. The number of nitrogens with one attached hydrogen (secondary N) is 1. The molecule has 158 valence electrons. The molecule has 0 spiro atoms. The van der Waals surface area contributed by atoms with Crippen molar-refractivity contribution in [1.29, 1.82) is 5.26 Å². The minimum Gasteiger partial charge on any atom is -0.325 e. The fourth-order valence-electron chi connectivity index (χ4n) is 3.66. The molecule has 0 aliphatic heterocycles. The molecule has 0 atom stereocenters.